The van der Waals surface area contributed by atoms with Gasteiger partial charge < -0.3 is 19.8 Å². The molecule has 0 saturated carbocycles. The Morgan fingerprint density at radius 1 is 1.15 bits per heavy atom. The van der Waals surface area contributed by atoms with Crippen molar-refractivity contribution in [2.24, 2.45) is 4.99 Å². The van der Waals surface area contributed by atoms with Crippen LogP contribution in [-0.4, -0.2) is 29.0 Å². The number of halogens is 1. The lowest BCUT2D eigenvalue weighted by molar-refractivity contribution is 0.336. The topological polar surface area (TPSA) is 63.0 Å². The Morgan fingerprint density at radius 3 is 2.77 bits per heavy atom. The predicted octanol–water partition coefficient (Wildman–Crippen LogP) is 3.36. The number of hydrogen-bond acceptors (Lipinski definition) is 3. The second kappa shape index (κ2) is 8.71. The first-order valence-corrected chi connectivity index (χ1v) is 9.27. The van der Waals surface area contributed by atoms with E-state index in [4.69, 9.17) is 4.74 Å². The van der Waals surface area contributed by atoms with Gasteiger partial charge >= 0.3 is 0 Å². The highest BCUT2D eigenvalue weighted by atomic mass is 79.9. The van der Waals surface area contributed by atoms with Gasteiger partial charge in [-0.15, -0.1) is 0 Å². The molecule has 0 atom stereocenters. The molecule has 7 heteroatoms. The van der Waals surface area contributed by atoms with Gasteiger partial charge in [0.1, 0.15) is 11.4 Å². The van der Waals surface area contributed by atoms with E-state index in [1.807, 2.05) is 60.1 Å². The van der Waals surface area contributed by atoms with Crippen LogP contribution in [-0.2, 0) is 13.1 Å². The van der Waals surface area contributed by atoms with E-state index in [2.05, 4.69) is 36.5 Å². The number of pyridine rings is 1. The molecule has 0 spiro atoms. The zero-order chi connectivity index (χ0) is 18.4. The number of para-hydroxylation sites is 1. The summed E-state index contributed by atoms with van der Waals surface area (Å²) in [6.07, 6.45) is 3.99. The van der Waals surface area contributed by atoms with Crippen LogP contribution in [0.4, 0.5) is 0 Å². The summed E-state index contributed by atoms with van der Waals surface area (Å²) in [5, 5.41) is 6.61. The lowest BCUT2D eigenvalue weighted by Gasteiger charge is -2.13. The molecule has 0 bridgehead atoms. The molecule has 2 heterocycles. The Kier molecular flexibility index (Phi) is 6.12. The van der Waals surface area contributed by atoms with Gasteiger partial charge in [0.05, 0.1) is 18.8 Å². The molecule has 2 aromatic heterocycles. The number of rotatable bonds is 6. The van der Waals surface area contributed by atoms with Gasteiger partial charge in [0.25, 0.3) is 0 Å². The molecule has 2 N–H and O–H groups in total. The molecule has 1 aromatic carbocycles. The molecule has 26 heavy (non-hydrogen) atoms. The third kappa shape index (κ3) is 4.54. The van der Waals surface area contributed by atoms with E-state index >= 15 is 0 Å². The van der Waals surface area contributed by atoms with Crippen molar-refractivity contribution in [1.82, 2.24) is 20.0 Å². The molecule has 6 nitrogen and oxygen atoms in total. The molecule has 0 aliphatic rings. The Morgan fingerprint density at radius 2 is 1.96 bits per heavy atom. The van der Waals surface area contributed by atoms with Gasteiger partial charge in [-0.05, 0) is 41.1 Å². The molecule has 0 aliphatic carbocycles. The molecule has 0 unspecified atom stereocenters. The van der Waals surface area contributed by atoms with E-state index in [9.17, 15) is 0 Å². The average molecular weight is 416 g/mol. The number of aliphatic imine (C=N–C) groups is 1. The second-order valence-electron chi connectivity index (χ2n) is 5.67. The molecular weight excluding hydrogens is 394 g/mol. The summed E-state index contributed by atoms with van der Waals surface area (Å²) in [4.78, 5) is 8.87. The van der Waals surface area contributed by atoms with Gasteiger partial charge in [-0.3, -0.25) is 4.99 Å². The average Bonchev–Trinajstić information content (AvgIpc) is 3.05. The van der Waals surface area contributed by atoms with Crippen LogP contribution in [0.3, 0.4) is 0 Å². The molecule has 136 valence electrons. The Bertz CT molecular complexity index is 906. The number of guanidine groups is 1. The van der Waals surface area contributed by atoms with Gasteiger partial charge in [-0.25, -0.2) is 4.98 Å². The highest BCUT2D eigenvalue weighted by molar-refractivity contribution is 9.10. The van der Waals surface area contributed by atoms with Crippen LogP contribution < -0.4 is 15.4 Å². The normalized spacial score (nSPS) is 11.6. The highest BCUT2D eigenvalue weighted by Gasteiger charge is 2.06. The molecule has 0 aliphatic heterocycles. The van der Waals surface area contributed by atoms with Gasteiger partial charge in [0.15, 0.2) is 5.96 Å². The van der Waals surface area contributed by atoms with E-state index in [1.165, 1.54) is 0 Å². The van der Waals surface area contributed by atoms with Crippen LogP contribution in [0.5, 0.6) is 5.75 Å². The Labute approximate surface area is 161 Å². The fraction of sp³-hybridized carbons (Fsp3) is 0.263. The lowest BCUT2D eigenvalue weighted by Crippen LogP contribution is -2.36. The largest absolute Gasteiger partial charge is 0.494 e. The van der Waals surface area contributed by atoms with Gasteiger partial charge in [0.2, 0.25) is 0 Å². The minimum absolute atomic E-state index is 0.589. The van der Waals surface area contributed by atoms with Gasteiger partial charge in [-0.2, -0.15) is 0 Å². The molecule has 0 fully saturated rings. The van der Waals surface area contributed by atoms with E-state index in [1.54, 1.807) is 7.05 Å². The number of ether oxygens (including phenoxy) is 1. The minimum atomic E-state index is 0.589. The monoisotopic (exact) mass is 415 g/mol. The molecular formula is C19H22BrN5O. The number of hydrogen-bond donors (Lipinski definition) is 2. The number of nitrogens with one attached hydrogen (secondary N) is 2. The van der Waals surface area contributed by atoms with Crippen LogP contribution in [0.15, 0.2) is 58.3 Å². The zero-order valence-corrected chi connectivity index (χ0v) is 16.5. The summed E-state index contributed by atoms with van der Waals surface area (Å²) < 4.78 is 8.68. The maximum Gasteiger partial charge on any atom is 0.191 e. The maximum atomic E-state index is 5.66. The lowest BCUT2D eigenvalue weighted by atomic mass is 10.2. The maximum absolute atomic E-state index is 5.66. The van der Waals surface area contributed by atoms with Crippen molar-refractivity contribution in [2.75, 3.05) is 13.7 Å². The fourth-order valence-electron chi connectivity index (χ4n) is 2.62. The van der Waals surface area contributed by atoms with E-state index < -0.39 is 0 Å². The summed E-state index contributed by atoms with van der Waals surface area (Å²) in [7, 11) is 1.75. The summed E-state index contributed by atoms with van der Waals surface area (Å²) in [5.74, 6) is 1.61. The number of nitrogens with zero attached hydrogens (tertiary/aromatic N) is 3. The summed E-state index contributed by atoms with van der Waals surface area (Å²) >= 11 is 3.47. The second-order valence-corrected chi connectivity index (χ2v) is 6.58. The summed E-state index contributed by atoms with van der Waals surface area (Å²) in [6.45, 7) is 3.85. The number of imidazole rings is 1. The smallest absolute Gasteiger partial charge is 0.191 e. The predicted molar refractivity (Wildman–Crippen MR) is 108 cm³/mol. The van der Waals surface area contributed by atoms with E-state index in [-0.39, 0.29) is 0 Å². The van der Waals surface area contributed by atoms with Gasteiger partial charge in [-0.1, -0.05) is 18.2 Å². The van der Waals surface area contributed by atoms with Crippen LogP contribution in [0.1, 0.15) is 18.2 Å². The zero-order valence-electron chi connectivity index (χ0n) is 14.9. The summed E-state index contributed by atoms with van der Waals surface area (Å²) in [6, 6.07) is 12.0. The van der Waals surface area contributed by atoms with Crippen molar-refractivity contribution in [1.29, 1.82) is 0 Å². The summed E-state index contributed by atoms with van der Waals surface area (Å²) in [5.41, 5.74) is 2.95. The number of aromatic nitrogens is 2. The standard InChI is InChI=1S/C19H22BrN5O/c1-3-26-17-7-5-4-6-14(17)10-22-19(21-2)23-11-16-13-25-12-15(20)8-9-18(25)24-16/h4-9,12-13H,3,10-11H2,1-2H3,(H2,21,22,23). The molecule has 0 saturated heterocycles. The van der Waals surface area contributed by atoms with E-state index in [0.29, 0.717) is 19.7 Å². The van der Waals surface area contributed by atoms with Crippen molar-refractivity contribution in [3.8, 4) is 5.75 Å². The first-order chi connectivity index (χ1) is 12.7. The number of benzene rings is 1. The molecule has 0 amide bonds. The van der Waals surface area contributed by atoms with Crippen molar-refractivity contribution in [3.05, 3.63) is 64.5 Å². The molecule has 3 aromatic rings. The van der Waals surface area contributed by atoms with Crippen LogP contribution >= 0.6 is 15.9 Å². The van der Waals surface area contributed by atoms with Crippen LogP contribution in [0, 0.1) is 0 Å². The van der Waals surface area contributed by atoms with E-state index in [0.717, 1.165) is 33.1 Å². The first kappa shape index (κ1) is 18.3. The van der Waals surface area contributed by atoms with Crippen molar-refractivity contribution in [2.45, 2.75) is 20.0 Å². The van der Waals surface area contributed by atoms with Crippen molar-refractivity contribution >= 4 is 27.5 Å². The minimum Gasteiger partial charge on any atom is -0.494 e. The number of fused-ring (bicyclic) bond motifs is 1. The Hall–Kier alpha value is -2.54. The SMILES string of the molecule is CCOc1ccccc1CNC(=NC)NCc1cn2cc(Br)ccc2n1. The first-order valence-electron chi connectivity index (χ1n) is 8.48. The van der Waals surface area contributed by atoms with Crippen molar-refractivity contribution in [3.63, 3.8) is 0 Å². The molecule has 0 radical (unpaired) electrons. The van der Waals surface area contributed by atoms with Crippen LogP contribution in [0.25, 0.3) is 5.65 Å². The van der Waals surface area contributed by atoms with Crippen LogP contribution in [0.2, 0.25) is 0 Å². The quantitative estimate of drug-likeness (QED) is 0.478. The van der Waals surface area contributed by atoms with Gasteiger partial charge in [0, 0.05) is 36.0 Å². The fourth-order valence-corrected chi connectivity index (χ4v) is 2.98. The third-order valence-corrected chi connectivity index (χ3v) is 4.31. The molecule has 3 rings (SSSR count). The third-order valence-electron chi connectivity index (χ3n) is 3.84. The van der Waals surface area contributed by atoms with Crippen molar-refractivity contribution < 1.29 is 4.74 Å². The highest BCUT2D eigenvalue weighted by Crippen LogP contribution is 2.17. The Balaban J connectivity index is 1.59.